The van der Waals surface area contributed by atoms with Gasteiger partial charge in [0.15, 0.2) is 14.4 Å². The Bertz CT molecular complexity index is 1590. The molecule has 0 radical (unpaired) electrons. The third kappa shape index (κ3) is 5.20. The maximum absolute atomic E-state index is 10.8. The van der Waals surface area contributed by atoms with E-state index in [0.29, 0.717) is 6.42 Å². The van der Waals surface area contributed by atoms with E-state index < -0.39 is 20.0 Å². The first-order chi connectivity index (χ1) is 20.0. The molecule has 0 bridgehead atoms. The maximum Gasteiger partial charge on any atom is 0.192 e. The average molecular weight is 583 g/mol. The third-order valence-electron chi connectivity index (χ3n) is 9.67. The van der Waals surface area contributed by atoms with Gasteiger partial charge in [-0.05, 0) is 51.8 Å². The van der Waals surface area contributed by atoms with Crippen LogP contribution in [0, 0.1) is 0 Å². The van der Waals surface area contributed by atoms with Crippen molar-refractivity contribution < 1.29 is 24.1 Å². The minimum absolute atomic E-state index is 0.0425. The van der Waals surface area contributed by atoms with E-state index >= 15 is 0 Å². The molecule has 1 aliphatic heterocycles. The molecule has 0 amide bonds. The van der Waals surface area contributed by atoms with E-state index in [1.54, 1.807) is 0 Å². The van der Waals surface area contributed by atoms with E-state index in [4.69, 9.17) is 13.9 Å². The van der Waals surface area contributed by atoms with Crippen molar-refractivity contribution in [3.8, 4) is 5.75 Å². The molecule has 2 aliphatic carbocycles. The molecule has 3 aliphatic rings. The Hall–Kier alpha value is -3.00. The van der Waals surface area contributed by atoms with Crippen LogP contribution < -0.4 is 4.74 Å². The van der Waals surface area contributed by atoms with E-state index in [1.165, 1.54) is 11.1 Å². The predicted molar refractivity (Wildman–Crippen MR) is 169 cm³/mol. The van der Waals surface area contributed by atoms with Gasteiger partial charge >= 0.3 is 0 Å². The fourth-order valence-corrected chi connectivity index (χ4v) is 7.07. The molecule has 0 unspecified atom stereocenters. The molecule has 4 atom stereocenters. The molecular weight excluding hydrogens is 540 g/mol. The zero-order valence-electron chi connectivity index (χ0n) is 25.3. The van der Waals surface area contributed by atoms with Crippen molar-refractivity contribution in [2.75, 3.05) is 13.2 Å². The largest absolute Gasteiger partial charge is 0.482 e. The highest BCUT2D eigenvalue weighted by atomic mass is 28.4. The normalized spacial score (nSPS) is 25.7. The summed E-state index contributed by atoms with van der Waals surface area (Å²) >= 11 is 0. The molecule has 2 N–H and O–H groups in total. The van der Waals surface area contributed by atoms with Gasteiger partial charge in [0.1, 0.15) is 23.1 Å². The van der Waals surface area contributed by atoms with E-state index in [1.807, 2.05) is 66.7 Å². The fourth-order valence-electron chi connectivity index (χ4n) is 6.04. The molecule has 1 heterocycles. The van der Waals surface area contributed by atoms with Gasteiger partial charge in [-0.25, -0.2) is 0 Å². The van der Waals surface area contributed by atoms with Gasteiger partial charge in [-0.1, -0.05) is 106 Å². The molecule has 4 aromatic carbocycles. The van der Waals surface area contributed by atoms with E-state index in [9.17, 15) is 10.2 Å². The number of hydrogen-bond acceptors (Lipinski definition) is 5. The fraction of sp³-hybridized carbons (Fsp3) is 0.389. The Morgan fingerprint density at radius 3 is 2.14 bits per heavy atom. The predicted octanol–water partition coefficient (Wildman–Crippen LogP) is 7.31. The second kappa shape index (κ2) is 10.6. The highest BCUT2D eigenvalue weighted by molar-refractivity contribution is 6.74. The molecule has 7 rings (SSSR count). The number of hydrogen-bond donors (Lipinski definition) is 2. The van der Waals surface area contributed by atoms with Gasteiger partial charge < -0.3 is 24.1 Å². The number of rotatable bonds is 6. The maximum atomic E-state index is 10.8. The third-order valence-corrected chi connectivity index (χ3v) is 14.2. The molecule has 42 heavy (non-hydrogen) atoms. The van der Waals surface area contributed by atoms with Gasteiger partial charge in [-0.3, -0.25) is 0 Å². The summed E-state index contributed by atoms with van der Waals surface area (Å²) in [6.45, 7) is 11.9. The van der Waals surface area contributed by atoms with E-state index in [0.717, 1.165) is 40.7 Å². The Balaban J connectivity index is 0.000000153. The van der Waals surface area contributed by atoms with E-state index in [-0.39, 0.29) is 23.4 Å². The van der Waals surface area contributed by atoms with Gasteiger partial charge in [0.05, 0.1) is 13.2 Å². The van der Waals surface area contributed by atoms with Crippen molar-refractivity contribution in [1.82, 2.24) is 0 Å². The van der Waals surface area contributed by atoms with Crippen LogP contribution in [-0.4, -0.2) is 42.9 Å². The van der Waals surface area contributed by atoms with Crippen LogP contribution in [0.4, 0.5) is 0 Å². The molecule has 5 nitrogen and oxygen atoms in total. The number of fused-ring (bicyclic) bond motifs is 5. The van der Waals surface area contributed by atoms with Crippen molar-refractivity contribution in [2.24, 2.45) is 0 Å². The van der Waals surface area contributed by atoms with Gasteiger partial charge in [-0.2, -0.15) is 0 Å². The van der Waals surface area contributed by atoms with Crippen molar-refractivity contribution in [3.63, 3.8) is 0 Å². The molecule has 0 spiro atoms. The summed E-state index contributed by atoms with van der Waals surface area (Å²) in [6.07, 6.45) is 1.13. The lowest BCUT2D eigenvalue weighted by molar-refractivity contribution is -0.0843. The minimum Gasteiger partial charge on any atom is -0.482 e. The zero-order chi connectivity index (χ0) is 29.8. The number of ether oxygens (including phenoxy) is 2. The summed E-state index contributed by atoms with van der Waals surface area (Å²) in [6, 6.07) is 30.3. The smallest absolute Gasteiger partial charge is 0.192 e. The molecule has 220 valence electrons. The summed E-state index contributed by atoms with van der Waals surface area (Å²) in [5, 5.41) is 22.9. The SMILES string of the molecule is CC(C)(C)[Si](C)(C)OC[C@]12Cc3ccccc3[C@H]1O2.OC[C@]1(O)Cc2ccccc2[C@@H]1Oc1cccc2ccccc12. The Morgan fingerprint density at radius 1 is 0.833 bits per heavy atom. The molecule has 0 aromatic heterocycles. The molecule has 1 fully saturated rings. The molecule has 1 saturated heterocycles. The summed E-state index contributed by atoms with van der Waals surface area (Å²) in [5.74, 6) is 0.719. The topological polar surface area (TPSA) is 71.5 Å². The quantitative estimate of drug-likeness (QED) is 0.184. The highest BCUT2D eigenvalue weighted by Crippen LogP contribution is 2.58. The summed E-state index contributed by atoms with van der Waals surface area (Å²) in [4.78, 5) is 0. The second-order valence-corrected chi connectivity index (χ2v) is 18.4. The second-order valence-electron chi connectivity index (χ2n) is 13.6. The van der Waals surface area contributed by atoms with Crippen LogP contribution in [0.3, 0.4) is 0 Å². The summed E-state index contributed by atoms with van der Waals surface area (Å²) in [7, 11) is -1.68. The van der Waals surface area contributed by atoms with Crippen molar-refractivity contribution >= 4 is 19.1 Å². The average Bonchev–Trinajstić information content (AvgIpc) is 3.49. The lowest BCUT2D eigenvalue weighted by atomic mass is 9.98. The number of aliphatic hydroxyl groups excluding tert-OH is 1. The molecule has 6 heteroatoms. The van der Waals surface area contributed by atoms with Crippen LogP contribution in [0.2, 0.25) is 18.1 Å². The zero-order valence-corrected chi connectivity index (χ0v) is 26.3. The van der Waals surface area contributed by atoms with Gasteiger partial charge in [-0.15, -0.1) is 0 Å². The summed E-state index contributed by atoms with van der Waals surface area (Å²) < 4.78 is 18.6. The monoisotopic (exact) mass is 582 g/mol. The first-order valence-corrected chi connectivity index (χ1v) is 17.8. The molecule has 4 aromatic rings. The lowest BCUT2D eigenvalue weighted by Crippen LogP contribution is -2.43. The van der Waals surface area contributed by atoms with Crippen LogP contribution in [0.5, 0.6) is 5.75 Å². The van der Waals surface area contributed by atoms with Crippen LogP contribution in [-0.2, 0) is 22.0 Å². The van der Waals surface area contributed by atoms with Crippen molar-refractivity contribution in [3.05, 3.63) is 113 Å². The first-order valence-electron chi connectivity index (χ1n) is 14.9. The first kappa shape index (κ1) is 29.1. The Labute approximate surface area is 250 Å². The standard InChI is InChI=1S/C20H18O3.C16H24O2Si/c21-13-20(22)12-15-7-2-4-10-17(15)19(20)23-18-11-5-8-14-6-1-3-9-16(14)18;1-15(2,3)19(4,5)17-11-16-10-12-8-6-7-9-13(12)14(16)18-16/h1-11,19,21-22H,12-13H2;6-9,14H,10-11H2,1-5H3/t19-,20+;14-,16-/m01/s1. The summed E-state index contributed by atoms with van der Waals surface area (Å²) in [5.41, 5.74) is 3.45. The van der Waals surface area contributed by atoms with Crippen molar-refractivity contribution in [2.45, 2.75) is 75.2 Å². The van der Waals surface area contributed by atoms with Crippen LogP contribution in [0.1, 0.15) is 55.2 Å². The van der Waals surface area contributed by atoms with Gasteiger partial charge in [0.2, 0.25) is 0 Å². The Kier molecular flexibility index (Phi) is 7.35. The highest BCUT2D eigenvalue weighted by Gasteiger charge is 2.62. The Morgan fingerprint density at radius 2 is 1.45 bits per heavy atom. The van der Waals surface area contributed by atoms with Crippen LogP contribution >= 0.6 is 0 Å². The lowest BCUT2D eigenvalue weighted by Gasteiger charge is -2.36. The molecule has 0 saturated carbocycles. The van der Waals surface area contributed by atoms with Crippen LogP contribution in [0.25, 0.3) is 10.8 Å². The number of aliphatic hydroxyl groups is 2. The number of epoxide rings is 1. The number of benzene rings is 4. The van der Waals surface area contributed by atoms with E-state index in [2.05, 4.69) is 58.1 Å². The minimum atomic E-state index is -1.68. The van der Waals surface area contributed by atoms with Gasteiger partial charge in [0, 0.05) is 18.2 Å². The van der Waals surface area contributed by atoms with Crippen LogP contribution in [0.15, 0.2) is 91.0 Å². The van der Waals surface area contributed by atoms with Gasteiger partial charge in [0.25, 0.3) is 0 Å². The molecular formula is C36H42O5Si. The van der Waals surface area contributed by atoms with Crippen molar-refractivity contribution in [1.29, 1.82) is 0 Å².